The molecule has 1 aliphatic carbocycles. The van der Waals surface area contributed by atoms with Crippen LogP contribution in [-0.4, -0.2) is 19.0 Å². The highest BCUT2D eigenvalue weighted by molar-refractivity contribution is 6.31. The van der Waals surface area contributed by atoms with Crippen LogP contribution in [0.4, 0.5) is 5.69 Å². The highest BCUT2D eigenvalue weighted by Crippen LogP contribution is 2.36. The van der Waals surface area contributed by atoms with Crippen molar-refractivity contribution in [3.63, 3.8) is 0 Å². The number of benzene rings is 1. The first kappa shape index (κ1) is 17.3. The number of carbonyl (C=O) groups is 2. The van der Waals surface area contributed by atoms with Crippen LogP contribution in [0.5, 0.6) is 5.75 Å². The molecule has 23 heavy (non-hydrogen) atoms. The molecule has 0 aliphatic heterocycles. The molecule has 0 bridgehead atoms. The van der Waals surface area contributed by atoms with Crippen LogP contribution in [0, 0.1) is 11.8 Å². The minimum atomic E-state index is -1.20. The van der Waals surface area contributed by atoms with E-state index < -0.39 is 17.8 Å². The fraction of sp³-hybridized carbons (Fsp3) is 0.412. The lowest BCUT2D eigenvalue weighted by molar-refractivity contribution is -0.313. The summed E-state index contributed by atoms with van der Waals surface area (Å²) < 4.78 is 5.19. The van der Waals surface area contributed by atoms with Gasteiger partial charge in [0, 0.05) is 16.9 Å². The van der Waals surface area contributed by atoms with Crippen molar-refractivity contribution in [3.8, 4) is 5.75 Å². The molecule has 1 amide bonds. The molecule has 124 valence electrons. The number of allylic oxidation sites excluding steroid dienone is 2. The molecule has 0 saturated carbocycles. The maximum absolute atomic E-state index is 12.6. The fourth-order valence-corrected chi connectivity index (χ4v) is 2.99. The molecule has 1 aromatic rings. The molecule has 0 unspecified atom stereocenters. The number of hydrogen-bond acceptors (Lipinski definition) is 4. The van der Waals surface area contributed by atoms with Gasteiger partial charge in [-0.1, -0.05) is 22.7 Å². The van der Waals surface area contributed by atoms with Gasteiger partial charge >= 0.3 is 0 Å². The summed E-state index contributed by atoms with van der Waals surface area (Å²) in [5, 5.41) is 14.6. The number of carboxylic acids is 1. The predicted molar refractivity (Wildman–Crippen MR) is 86.2 cm³/mol. The third kappa shape index (κ3) is 3.85. The summed E-state index contributed by atoms with van der Waals surface area (Å²) in [5.41, 5.74) is 2.47. The highest BCUT2D eigenvalue weighted by Gasteiger charge is 2.33. The number of methoxy groups -OCH3 is 1. The molecule has 5 nitrogen and oxygen atoms in total. The molecule has 1 N–H and O–H groups in total. The Balaban J connectivity index is 2.25. The summed E-state index contributed by atoms with van der Waals surface area (Å²) in [6.07, 6.45) is 0.734. The Hall–Kier alpha value is -2.01. The average molecular weight is 337 g/mol. The summed E-state index contributed by atoms with van der Waals surface area (Å²) in [7, 11) is 1.49. The van der Waals surface area contributed by atoms with Crippen molar-refractivity contribution < 1.29 is 19.4 Å². The molecule has 0 fully saturated rings. The Morgan fingerprint density at radius 1 is 1.22 bits per heavy atom. The molecule has 2 rings (SSSR count). The number of amides is 1. The Morgan fingerprint density at radius 3 is 2.39 bits per heavy atom. The maximum atomic E-state index is 12.6. The molecule has 0 heterocycles. The normalized spacial score (nSPS) is 21.0. The molecular weight excluding hydrogens is 318 g/mol. The van der Waals surface area contributed by atoms with Crippen molar-refractivity contribution in [2.75, 3.05) is 12.4 Å². The lowest BCUT2D eigenvalue weighted by Crippen LogP contribution is -2.42. The van der Waals surface area contributed by atoms with E-state index in [1.807, 2.05) is 13.8 Å². The van der Waals surface area contributed by atoms with E-state index in [1.54, 1.807) is 18.2 Å². The van der Waals surface area contributed by atoms with Crippen LogP contribution < -0.4 is 15.2 Å². The number of aliphatic carboxylic acids is 1. The molecule has 2 atom stereocenters. The van der Waals surface area contributed by atoms with E-state index in [4.69, 9.17) is 16.3 Å². The third-order valence-corrected chi connectivity index (χ3v) is 4.56. The monoisotopic (exact) mass is 336 g/mol. The molecule has 0 radical (unpaired) electrons. The summed E-state index contributed by atoms with van der Waals surface area (Å²) in [6, 6.07) is 4.87. The molecule has 0 saturated heterocycles. The van der Waals surface area contributed by atoms with E-state index in [9.17, 15) is 14.7 Å². The van der Waals surface area contributed by atoms with Gasteiger partial charge in [-0.05, 0) is 44.9 Å². The standard InChI is InChI=1S/C17H20ClNO4/c1-9-6-12(13(17(21)22)7-10(9)2)16(20)19-14-8-11(18)4-5-15(14)23-3/h4-5,8,12-13H,6-7H2,1-3H3,(H,19,20)(H,21,22)/p-1/t12-,13+/m0/s1. The van der Waals surface area contributed by atoms with Gasteiger partial charge in [-0.3, -0.25) is 4.79 Å². The van der Waals surface area contributed by atoms with Crippen LogP contribution in [0.1, 0.15) is 26.7 Å². The Bertz CT molecular complexity index is 669. The van der Waals surface area contributed by atoms with Crippen molar-refractivity contribution in [1.29, 1.82) is 0 Å². The maximum Gasteiger partial charge on any atom is 0.228 e. The third-order valence-electron chi connectivity index (χ3n) is 4.33. The van der Waals surface area contributed by atoms with Crippen molar-refractivity contribution in [3.05, 3.63) is 34.4 Å². The van der Waals surface area contributed by atoms with Gasteiger partial charge in [0.2, 0.25) is 5.91 Å². The molecule has 1 aliphatic rings. The first-order valence-corrected chi connectivity index (χ1v) is 7.71. The second-order valence-electron chi connectivity index (χ2n) is 5.83. The van der Waals surface area contributed by atoms with Gasteiger partial charge in [-0.15, -0.1) is 0 Å². The van der Waals surface area contributed by atoms with Gasteiger partial charge in [0.1, 0.15) is 5.75 Å². The average Bonchev–Trinajstić information content (AvgIpc) is 2.49. The Labute approximate surface area is 140 Å². The van der Waals surface area contributed by atoms with Crippen LogP contribution in [-0.2, 0) is 9.59 Å². The first-order valence-electron chi connectivity index (χ1n) is 7.34. The van der Waals surface area contributed by atoms with E-state index in [2.05, 4.69) is 5.32 Å². The highest BCUT2D eigenvalue weighted by atomic mass is 35.5. The first-order chi connectivity index (χ1) is 10.8. The van der Waals surface area contributed by atoms with E-state index >= 15 is 0 Å². The lowest BCUT2D eigenvalue weighted by Gasteiger charge is -2.32. The van der Waals surface area contributed by atoms with Crippen molar-refractivity contribution in [2.24, 2.45) is 11.8 Å². The second kappa shape index (κ2) is 7.04. The summed E-state index contributed by atoms with van der Waals surface area (Å²) in [5.74, 6) is -2.61. The van der Waals surface area contributed by atoms with Crippen LogP contribution >= 0.6 is 11.6 Å². The van der Waals surface area contributed by atoms with Crippen molar-refractivity contribution >= 4 is 29.2 Å². The van der Waals surface area contributed by atoms with Gasteiger partial charge in [-0.2, -0.15) is 0 Å². The smallest absolute Gasteiger partial charge is 0.228 e. The summed E-state index contributed by atoms with van der Waals surface area (Å²) >= 11 is 5.95. The minimum Gasteiger partial charge on any atom is -0.550 e. The van der Waals surface area contributed by atoms with E-state index in [0.29, 0.717) is 29.3 Å². The number of carboxylic acid groups (broad SMARTS) is 1. The molecular formula is C17H19ClNO4-. The Kier molecular flexibility index (Phi) is 5.31. The van der Waals surface area contributed by atoms with Crippen molar-refractivity contribution in [1.82, 2.24) is 0 Å². The van der Waals surface area contributed by atoms with Crippen molar-refractivity contribution in [2.45, 2.75) is 26.7 Å². The molecule has 0 spiro atoms. The number of nitrogens with one attached hydrogen (secondary N) is 1. The number of anilines is 1. The van der Waals surface area contributed by atoms with Gasteiger partial charge < -0.3 is 20.0 Å². The van der Waals surface area contributed by atoms with E-state index in [0.717, 1.165) is 11.1 Å². The van der Waals surface area contributed by atoms with Crippen LogP contribution in [0.25, 0.3) is 0 Å². The van der Waals surface area contributed by atoms with E-state index in [-0.39, 0.29) is 5.91 Å². The predicted octanol–water partition coefficient (Wildman–Crippen LogP) is 2.40. The second-order valence-corrected chi connectivity index (χ2v) is 6.27. The molecule has 1 aromatic carbocycles. The Morgan fingerprint density at radius 2 is 1.83 bits per heavy atom. The summed E-state index contributed by atoms with van der Waals surface area (Å²) in [4.78, 5) is 24.0. The van der Waals surface area contributed by atoms with Gasteiger partial charge in [-0.25, -0.2) is 0 Å². The zero-order valence-corrected chi connectivity index (χ0v) is 14.1. The topological polar surface area (TPSA) is 78.5 Å². The van der Waals surface area contributed by atoms with Gasteiger partial charge in [0.05, 0.1) is 18.7 Å². The van der Waals surface area contributed by atoms with Crippen LogP contribution in [0.3, 0.4) is 0 Å². The van der Waals surface area contributed by atoms with Gasteiger partial charge in [0.25, 0.3) is 0 Å². The number of hydrogen-bond donors (Lipinski definition) is 1. The summed E-state index contributed by atoms with van der Waals surface area (Å²) in [6.45, 7) is 3.81. The lowest BCUT2D eigenvalue weighted by atomic mass is 9.76. The SMILES string of the molecule is COc1ccc(Cl)cc1NC(=O)[C@H]1CC(C)=C(C)C[C@H]1C(=O)[O-]. The van der Waals surface area contributed by atoms with E-state index in [1.165, 1.54) is 7.11 Å². The minimum absolute atomic E-state index is 0.332. The van der Waals surface area contributed by atoms with Crippen LogP contribution in [0.2, 0.25) is 5.02 Å². The number of halogens is 1. The zero-order chi connectivity index (χ0) is 17.1. The largest absolute Gasteiger partial charge is 0.550 e. The number of carbonyl (C=O) groups excluding carboxylic acids is 2. The quantitative estimate of drug-likeness (QED) is 0.856. The number of rotatable bonds is 4. The molecule has 0 aromatic heterocycles. The number of ether oxygens (including phenoxy) is 1. The van der Waals surface area contributed by atoms with Crippen LogP contribution in [0.15, 0.2) is 29.3 Å². The fourth-order valence-electron chi connectivity index (χ4n) is 2.82. The zero-order valence-electron chi connectivity index (χ0n) is 13.3. The molecule has 6 heteroatoms. The van der Waals surface area contributed by atoms with Gasteiger partial charge in [0.15, 0.2) is 0 Å².